The lowest BCUT2D eigenvalue weighted by molar-refractivity contribution is -0.390. The van der Waals surface area contributed by atoms with Crippen LogP contribution >= 0.6 is 0 Å². The van der Waals surface area contributed by atoms with Crippen LogP contribution < -0.4 is 4.74 Å². The molecule has 2 spiro atoms. The normalized spacial score (nSPS) is 44.2. The number of hydrogen-bond acceptors (Lipinski definition) is 4. The van der Waals surface area contributed by atoms with Crippen molar-refractivity contribution in [3.05, 3.63) is 29.8 Å². The van der Waals surface area contributed by atoms with Crippen LogP contribution in [0.1, 0.15) is 89.0 Å². The second-order valence-electron chi connectivity index (χ2n) is 10.8. The maximum absolute atomic E-state index is 6.93. The van der Waals surface area contributed by atoms with E-state index in [0.717, 1.165) is 56.3 Å². The van der Waals surface area contributed by atoms with Crippen molar-refractivity contribution < 1.29 is 19.2 Å². The van der Waals surface area contributed by atoms with Crippen molar-refractivity contribution in [2.75, 3.05) is 6.61 Å². The largest absolute Gasteiger partial charge is 0.494 e. The van der Waals surface area contributed by atoms with Crippen molar-refractivity contribution in [2.45, 2.75) is 95.0 Å². The average Bonchev–Trinajstić information content (AvgIpc) is 3.12. The standard InChI is InChI=1S/C26H36O4/c1-2-3-11-27-24-8-6-20(7-9-24)21-5-4-10-25(17-21)28-26(30-29-25)22-13-18-12-19(15-22)16-23(26)14-18/h6-9,18-19,21-23H,2-5,10-17H2,1H3/t18?,19?,21-,22?,23?,25-,26?/m1/s1. The minimum atomic E-state index is -0.547. The van der Waals surface area contributed by atoms with E-state index in [0.29, 0.717) is 17.8 Å². The van der Waals surface area contributed by atoms with Crippen LogP contribution in [-0.4, -0.2) is 18.2 Å². The third kappa shape index (κ3) is 3.22. The smallest absolute Gasteiger partial charge is 0.210 e. The van der Waals surface area contributed by atoms with Gasteiger partial charge in [-0.1, -0.05) is 25.5 Å². The number of benzene rings is 1. The zero-order chi connectivity index (χ0) is 20.2. The Bertz CT molecular complexity index is 731. The van der Waals surface area contributed by atoms with Crippen LogP contribution in [0.2, 0.25) is 0 Å². The highest BCUT2D eigenvalue weighted by molar-refractivity contribution is 5.30. The molecule has 1 heterocycles. The van der Waals surface area contributed by atoms with Crippen LogP contribution in [0, 0.1) is 23.7 Å². The number of unbranched alkanes of at least 4 members (excludes halogenated alkanes) is 1. The predicted octanol–water partition coefficient (Wildman–Crippen LogP) is 6.35. The lowest BCUT2D eigenvalue weighted by Crippen LogP contribution is -2.59. The lowest BCUT2D eigenvalue weighted by atomic mass is 9.53. The molecular formula is C26H36O4. The molecule has 5 aliphatic carbocycles. The summed E-state index contributed by atoms with van der Waals surface area (Å²) in [5.74, 6) is 3.31. The Balaban J connectivity index is 1.15. The molecular weight excluding hydrogens is 376 g/mol. The molecule has 0 unspecified atom stereocenters. The summed E-state index contributed by atoms with van der Waals surface area (Å²) >= 11 is 0. The summed E-state index contributed by atoms with van der Waals surface area (Å²) in [6, 6.07) is 8.72. The summed E-state index contributed by atoms with van der Waals surface area (Å²) in [7, 11) is 0. The highest BCUT2D eigenvalue weighted by Gasteiger charge is 2.67. The molecule has 4 heteroatoms. The molecule has 4 nitrogen and oxygen atoms in total. The van der Waals surface area contributed by atoms with Crippen LogP contribution in [0.3, 0.4) is 0 Å². The monoisotopic (exact) mass is 412 g/mol. The minimum Gasteiger partial charge on any atom is -0.494 e. The first-order chi connectivity index (χ1) is 14.7. The molecule has 4 bridgehead atoms. The van der Waals surface area contributed by atoms with Gasteiger partial charge < -0.3 is 9.47 Å². The molecule has 7 rings (SSSR count). The summed E-state index contributed by atoms with van der Waals surface area (Å²) in [4.78, 5) is 12.4. The van der Waals surface area contributed by atoms with Crippen LogP contribution in [0.4, 0.5) is 0 Å². The lowest BCUT2D eigenvalue weighted by Gasteiger charge is -2.57. The Morgan fingerprint density at radius 2 is 1.70 bits per heavy atom. The summed E-state index contributed by atoms with van der Waals surface area (Å²) in [5, 5.41) is 0. The Labute approximate surface area is 180 Å². The van der Waals surface area contributed by atoms with E-state index in [-0.39, 0.29) is 0 Å². The summed E-state index contributed by atoms with van der Waals surface area (Å²) in [5.41, 5.74) is 1.37. The molecule has 1 aromatic rings. The quantitative estimate of drug-likeness (QED) is 0.417. The second kappa shape index (κ2) is 7.50. The maximum atomic E-state index is 6.93. The third-order valence-electron chi connectivity index (χ3n) is 8.73. The number of ether oxygens (including phenoxy) is 2. The van der Waals surface area contributed by atoms with Gasteiger partial charge in [-0.05, 0) is 86.8 Å². The second-order valence-corrected chi connectivity index (χ2v) is 10.8. The predicted molar refractivity (Wildman–Crippen MR) is 114 cm³/mol. The van der Waals surface area contributed by atoms with E-state index in [9.17, 15) is 0 Å². The Morgan fingerprint density at radius 1 is 0.967 bits per heavy atom. The van der Waals surface area contributed by atoms with Gasteiger partial charge in [-0.3, -0.25) is 0 Å². The molecule has 1 aromatic carbocycles. The molecule has 0 radical (unpaired) electrons. The molecule has 2 atom stereocenters. The van der Waals surface area contributed by atoms with E-state index in [1.165, 1.54) is 44.1 Å². The van der Waals surface area contributed by atoms with Crippen molar-refractivity contribution >= 4 is 0 Å². The average molecular weight is 413 g/mol. The summed E-state index contributed by atoms with van der Waals surface area (Å²) in [6.07, 6.45) is 13.0. The summed E-state index contributed by atoms with van der Waals surface area (Å²) < 4.78 is 12.8. The molecule has 6 aliphatic rings. The maximum Gasteiger partial charge on any atom is 0.210 e. The van der Waals surface area contributed by atoms with Gasteiger partial charge in [0.25, 0.3) is 0 Å². The molecule has 0 N–H and O–H groups in total. The Morgan fingerprint density at radius 3 is 2.40 bits per heavy atom. The molecule has 1 saturated heterocycles. The van der Waals surface area contributed by atoms with Crippen LogP contribution in [0.25, 0.3) is 0 Å². The van der Waals surface area contributed by atoms with Gasteiger partial charge >= 0.3 is 0 Å². The Kier molecular flexibility index (Phi) is 4.89. The van der Waals surface area contributed by atoms with Crippen LogP contribution in [0.15, 0.2) is 24.3 Å². The first-order valence-electron chi connectivity index (χ1n) is 12.5. The van der Waals surface area contributed by atoms with Crippen molar-refractivity contribution in [3.63, 3.8) is 0 Å². The van der Waals surface area contributed by atoms with Gasteiger partial charge in [0.05, 0.1) is 6.61 Å². The van der Waals surface area contributed by atoms with Crippen molar-refractivity contribution in [2.24, 2.45) is 23.7 Å². The van der Waals surface area contributed by atoms with E-state index >= 15 is 0 Å². The fourth-order valence-corrected chi connectivity index (χ4v) is 7.43. The first-order valence-corrected chi connectivity index (χ1v) is 12.5. The van der Waals surface area contributed by atoms with Gasteiger partial charge in [0.15, 0.2) is 0 Å². The minimum absolute atomic E-state index is 0.452. The summed E-state index contributed by atoms with van der Waals surface area (Å²) in [6.45, 7) is 2.99. The van der Waals surface area contributed by atoms with Crippen molar-refractivity contribution in [1.29, 1.82) is 0 Å². The van der Waals surface area contributed by atoms with Crippen LogP contribution in [-0.2, 0) is 14.5 Å². The van der Waals surface area contributed by atoms with E-state index in [1.54, 1.807) is 0 Å². The highest BCUT2D eigenvalue weighted by Crippen LogP contribution is 2.64. The van der Waals surface area contributed by atoms with Gasteiger partial charge in [-0.2, -0.15) is 9.78 Å². The molecule has 5 saturated carbocycles. The topological polar surface area (TPSA) is 36.9 Å². The molecule has 6 fully saturated rings. The fraction of sp³-hybridized carbons (Fsp3) is 0.769. The molecule has 1 aliphatic heterocycles. The van der Waals surface area contributed by atoms with Gasteiger partial charge in [-0.25, -0.2) is 0 Å². The van der Waals surface area contributed by atoms with Gasteiger partial charge in [0.1, 0.15) is 5.75 Å². The van der Waals surface area contributed by atoms with Crippen LogP contribution in [0.5, 0.6) is 5.75 Å². The first kappa shape index (κ1) is 19.6. The highest BCUT2D eigenvalue weighted by atomic mass is 17.3. The van der Waals surface area contributed by atoms with Gasteiger partial charge in [-0.15, -0.1) is 0 Å². The van der Waals surface area contributed by atoms with E-state index in [4.69, 9.17) is 19.2 Å². The van der Waals surface area contributed by atoms with Gasteiger partial charge in [0.2, 0.25) is 11.6 Å². The van der Waals surface area contributed by atoms with E-state index < -0.39 is 11.6 Å². The molecule has 0 aromatic heterocycles. The van der Waals surface area contributed by atoms with E-state index in [1.807, 2.05) is 0 Å². The molecule has 164 valence electrons. The SMILES string of the molecule is CCCCOc1ccc([C@@H]2CCC[C@]3(C2)OOC2(O3)C3CC4CC(C3)CC2C4)cc1. The number of rotatable bonds is 5. The molecule has 0 amide bonds. The van der Waals surface area contributed by atoms with Gasteiger partial charge in [0, 0.05) is 24.7 Å². The van der Waals surface area contributed by atoms with Crippen molar-refractivity contribution in [3.8, 4) is 5.75 Å². The fourth-order valence-electron chi connectivity index (χ4n) is 7.43. The number of hydrogen-bond donors (Lipinski definition) is 0. The zero-order valence-electron chi connectivity index (χ0n) is 18.3. The third-order valence-corrected chi connectivity index (χ3v) is 8.73. The van der Waals surface area contributed by atoms with Crippen molar-refractivity contribution in [1.82, 2.24) is 0 Å². The zero-order valence-corrected chi connectivity index (χ0v) is 18.3. The molecule has 30 heavy (non-hydrogen) atoms. The Hall–Kier alpha value is -1.10. The van der Waals surface area contributed by atoms with E-state index in [2.05, 4.69) is 31.2 Å².